The van der Waals surface area contributed by atoms with E-state index in [-0.39, 0.29) is 11.5 Å². The van der Waals surface area contributed by atoms with E-state index in [2.05, 4.69) is 0 Å². The van der Waals surface area contributed by atoms with Crippen LogP contribution in [0.25, 0.3) is 0 Å². The first-order valence-electron chi connectivity index (χ1n) is 5.16. The van der Waals surface area contributed by atoms with Gasteiger partial charge in [-0.15, -0.1) is 0 Å². The molecule has 1 aliphatic carbocycles. The molecule has 1 N–H and O–H groups in total. The molecule has 1 saturated carbocycles. The number of benzene rings is 1. The molecule has 15 heavy (non-hydrogen) atoms. The molecule has 1 aromatic carbocycles. The van der Waals surface area contributed by atoms with Gasteiger partial charge in [0.2, 0.25) is 0 Å². The van der Waals surface area contributed by atoms with Crippen LogP contribution < -0.4 is 0 Å². The summed E-state index contributed by atoms with van der Waals surface area (Å²) in [5.74, 6) is -1.18. The molecule has 0 aliphatic heterocycles. The molecule has 3 heteroatoms. The third kappa shape index (κ3) is 1.76. The molecule has 0 amide bonds. The Morgan fingerprint density at radius 1 is 1.20 bits per heavy atom. The van der Waals surface area contributed by atoms with Gasteiger partial charge in [0.15, 0.2) is 0 Å². The summed E-state index contributed by atoms with van der Waals surface area (Å²) < 4.78 is 26.8. The van der Waals surface area contributed by atoms with Gasteiger partial charge >= 0.3 is 0 Å². The van der Waals surface area contributed by atoms with Crippen molar-refractivity contribution in [2.45, 2.75) is 38.2 Å². The van der Waals surface area contributed by atoms with Crippen LogP contribution in [0.3, 0.4) is 0 Å². The van der Waals surface area contributed by atoms with Crippen LogP contribution in [-0.4, -0.2) is 5.11 Å². The highest BCUT2D eigenvalue weighted by molar-refractivity contribution is 5.35. The lowest BCUT2D eigenvalue weighted by Crippen LogP contribution is -2.10. The van der Waals surface area contributed by atoms with Gasteiger partial charge in [-0.3, -0.25) is 0 Å². The van der Waals surface area contributed by atoms with Gasteiger partial charge in [-0.1, -0.05) is 13.8 Å². The molecule has 0 heterocycles. The fourth-order valence-electron chi connectivity index (χ4n) is 1.75. The lowest BCUT2D eigenvalue weighted by Gasteiger charge is -2.14. The molecule has 0 bridgehead atoms. The molecule has 1 aliphatic rings. The lowest BCUT2D eigenvalue weighted by atomic mass is 9.96. The molecular weight excluding hydrogens is 198 g/mol. The van der Waals surface area contributed by atoms with E-state index in [0.717, 1.165) is 6.07 Å². The maximum atomic E-state index is 13.4. The summed E-state index contributed by atoms with van der Waals surface area (Å²) in [6, 6.07) is 2.34. The Morgan fingerprint density at radius 2 is 1.80 bits per heavy atom. The molecule has 0 unspecified atom stereocenters. The predicted octanol–water partition coefficient (Wildman–Crippen LogP) is 3.07. The fraction of sp³-hybridized carbons (Fsp3) is 0.500. The Kier molecular flexibility index (Phi) is 2.30. The van der Waals surface area contributed by atoms with Crippen molar-refractivity contribution < 1.29 is 13.9 Å². The quantitative estimate of drug-likeness (QED) is 0.798. The summed E-state index contributed by atoms with van der Waals surface area (Å²) in [5, 5.41) is 9.82. The second-order valence-electron chi connectivity index (χ2n) is 4.54. The zero-order valence-corrected chi connectivity index (χ0v) is 8.85. The van der Waals surface area contributed by atoms with Crippen LogP contribution in [0, 0.1) is 11.6 Å². The van der Waals surface area contributed by atoms with Crippen molar-refractivity contribution in [2.24, 2.45) is 0 Å². The minimum atomic E-state index is -1.04. The van der Waals surface area contributed by atoms with E-state index in [0.29, 0.717) is 18.4 Å². The molecule has 82 valence electrons. The van der Waals surface area contributed by atoms with Crippen molar-refractivity contribution >= 4 is 0 Å². The standard InChI is InChI=1S/C12H14F2O/c1-7(2)8-5-9(12(15)3-4-12)11(14)6-10(8)13/h5-7,15H,3-4H2,1-2H3. The van der Waals surface area contributed by atoms with Gasteiger partial charge in [0, 0.05) is 11.6 Å². The van der Waals surface area contributed by atoms with Crippen molar-refractivity contribution in [3.05, 3.63) is 34.9 Å². The maximum Gasteiger partial charge on any atom is 0.132 e. The minimum Gasteiger partial charge on any atom is -0.385 e. The van der Waals surface area contributed by atoms with E-state index in [1.807, 2.05) is 13.8 Å². The van der Waals surface area contributed by atoms with Gasteiger partial charge in [0.05, 0.1) is 5.60 Å². The average molecular weight is 212 g/mol. The highest BCUT2D eigenvalue weighted by Crippen LogP contribution is 2.47. The Morgan fingerprint density at radius 3 is 2.27 bits per heavy atom. The van der Waals surface area contributed by atoms with E-state index in [1.54, 1.807) is 0 Å². The zero-order valence-electron chi connectivity index (χ0n) is 8.85. The zero-order chi connectivity index (χ0) is 11.2. The summed E-state index contributed by atoms with van der Waals surface area (Å²) in [6.07, 6.45) is 1.13. The first-order chi connectivity index (χ1) is 6.94. The number of hydrogen-bond donors (Lipinski definition) is 1. The van der Waals surface area contributed by atoms with Crippen LogP contribution in [0.2, 0.25) is 0 Å². The molecule has 1 nitrogen and oxygen atoms in total. The molecule has 0 atom stereocenters. The van der Waals surface area contributed by atoms with E-state index in [1.165, 1.54) is 6.07 Å². The predicted molar refractivity (Wildman–Crippen MR) is 53.6 cm³/mol. The van der Waals surface area contributed by atoms with Crippen LogP contribution in [0.4, 0.5) is 8.78 Å². The Labute approximate surface area is 87.7 Å². The number of aliphatic hydroxyl groups is 1. The Balaban J connectivity index is 2.51. The summed E-state index contributed by atoms with van der Waals surface area (Å²) in [7, 11) is 0. The molecule has 1 fully saturated rings. The monoisotopic (exact) mass is 212 g/mol. The van der Waals surface area contributed by atoms with Crippen molar-refractivity contribution in [3.8, 4) is 0 Å². The molecule has 0 saturated heterocycles. The minimum absolute atomic E-state index is 0.00769. The lowest BCUT2D eigenvalue weighted by molar-refractivity contribution is 0.146. The van der Waals surface area contributed by atoms with Gasteiger partial charge in [0.1, 0.15) is 11.6 Å². The average Bonchev–Trinajstić information content (AvgIpc) is 2.83. The summed E-state index contributed by atoms with van der Waals surface area (Å²) >= 11 is 0. The highest BCUT2D eigenvalue weighted by atomic mass is 19.1. The largest absolute Gasteiger partial charge is 0.385 e. The van der Waals surface area contributed by atoms with E-state index in [4.69, 9.17) is 0 Å². The Bertz CT molecular complexity index is 395. The smallest absolute Gasteiger partial charge is 0.132 e. The number of hydrogen-bond acceptors (Lipinski definition) is 1. The SMILES string of the molecule is CC(C)c1cc(C2(O)CC2)c(F)cc1F. The highest BCUT2D eigenvalue weighted by Gasteiger charge is 2.44. The number of rotatable bonds is 2. The third-order valence-electron chi connectivity index (χ3n) is 2.93. The second-order valence-corrected chi connectivity index (χ2v) is 4.54. The molecule has 0 spiro atoms. The first kappa shape index (κ1) is 10.6. The van der Waals surface area contributed by atoms with Crippen molar-refractivity contribution in [1.82, 2.24) is 0 Å². The molecule has 1 aromatic rings. The molecular formula is C12H14F2O. The van der Waals surface area contributed by atoms with Crippen LogP contribution in [0.1, 0.15) is 43.7 Å². The van der Waals surface area contributed by atoms with Crippen molar-refractivity contribution in [1.29, 1.82) is 0 Å². The maximum absolute atomic E-state index is 13.4. The van der Waals surface area contributed by atoms with Crippen LogP contribution in [0.15, 0.2) is 12.1 Å². The summed E-state index contributed by atoms with van der Waals surface area (Å²) in [4.78, 5) is 0. The van der Waals surface area contributed by atoms with Gasteiger partial charge in [0.25, 0.3) is 0 Å². The van der Waals surface area contributed by atoms with Gasteiger partial charge in [-0.05, 0) is 30.4 Å². The summed E-state index contributed by atoms with van der Waals surface area (Å²) in [6.45, 7) is 3.69. The van der Waals surface area contributed by atoms with Gasteiger partial charge in [-0.2, -0.15) is 0 Å². The molecule has 0 aromatic heterocycles. The second kappa shape index (κ2) is 3.27. The molecule has 0 radical (unpaired) electrons. The van der Waals surface area contributed by atoms with Crippen molar-refractivity contribution in [2.75, 3.05) is 0 Å². The van der Waals surface area contributed by atoms with Crippen LogP contribution in [0.5, 0.6) is 0 Å². The van der Waals surface area contributed by atoms with E-state index < -0.39 is 17.2 Å². The third-order valence-corrected chi connectivity index (χ3v) is 2.93. The molecule has 2 rings (SSSR count). The first-order valence-corrected chi connectivity index (χ1v) is 5.16. The van der Waals surface area contributed by atoms with E-state index in [9.17, 15) is 13.9 Å². The van der Waals surface area contributed by atoms with Crippen LogP contribution in [-0.2, 0) is 5.60 Å². The van der Waals surface area contributed by atoms with Gasteiger partial charge < -0.3 is 5.11 Å². The fourth-order valence-corrected chi connectivity index (χ4v) is 1.75. The topological polar surface area (TPSA) is 20.2 Å². The normalized spacial score (nSPS) is 18.3. The number of halogens is 2. The van der Waals surface area contributed by atoms with Crippen LogP contribution >= 0.6 is 0 Å². The Hall–Kier alpha value is -0.960. The van der Waals surface area contributed by atoms with Crippen molar-refractivity contribution in [3.63, 3.8) is 0 Å². The van der Waals surface area contributed by atoms with Gasteiger partial charge in [-0.25, -0.2) is 8.78 Å². The summed E-state index contributed by atoms with van der Waals surface area (Å²) in [5.41, 5.74) is -0.333. The van der Waals surface area contributed by atoms with E-state index >= 15 is 0 Å².